The van der Waals surface area contributed by atoms with E-state index in [1.54, 1.807) is 7.11 Å². The Morgan fingerprint density at radius 2 is 1.71 bits per heavy atom. The summed E-state index contributed by atoms with van der Waals surface area (Å²) in [6.07, 6.45) is 0. The number of benzene rings is 3. The Balaban J connectivity index is 1.65. The van der Waals surface area contributed by atoms with Gasteiger partial charge in [0.1, 0.15) is 11.5 Å². The molecule has 0 saturated heterocycles. The molecule has 24 heavy (non-hydrogen) atoms. The average Bonchev–Trinajstić information content (AvgIpc) is 2.59. The maximum absolute atomic E-state index is 12.0. The molecule has 3 aromatic carbocycles. The number of ether oxygens (including phenoxy) is 2. The third-order valence-electron chi connectivity index (χ3n) is 3.69. The van der Waals surface area contributed by atoms with E-state index in [1.807, 2.05) is 67.6 Å². The van der Waals surface area contributed by atoms with Gasteiger partial charge in [-0.05, 0) is 59.7 Å². The van der Waals surface area contributed by atoms with E-state index in [2.05, 4.69) is 5.32 Å². The summed E-state index contributed by atoms with van der Waals surface area (Å²) < 4.78 is 10.8. The predicted octanol–water partition coefficient (Wildman–Crippen LogP) is 4.17. The maximum Gasteiger partial charge on any atom is 0.262 e. The lowest BCUT2D eigenvalue weighted by Gasteiger charge is -2.09. The molecule has 4 heteroatoms. The van der Waals surface area contributed by atoms with Crippen LogP contribution in [0.4, 0.5) is 5.69 Å². The van der Waals surface area contributed by atoms with E-state index >= 15 is 0 Å². The minimum atomic E-state index is -0.189. The van der Waals surface area contributed by atoms with Gasteiger partial charge in [-0.3, -0.25) is 4.79 Å². The molecule has 3 rings (SSSR count). The zero-order valence-electron chi connectivity index (χ0n) is 13.7. The van der Waals surface area contributed by atoms with E-state index in [1.165, 1.54) is 0 Å². The fraction of sp³-hybridized carbons (Fsp3) is 0.150. The van der Waals surface area contributed by atoms with Crippen molar-refractivity contribution in [3.63, 3.8) is 0 Å². The van der Waals surface area contributed by atoms with Crippen molar-refractivity contribution in [3.8, 4) is 11.5 Å². The van der Waals surface area contributed by atoms with Crippen LogP contribution in [0.2, 0.25) is 0 Å². The molecule has 0 unspecified atom stereocenters. The maximum atomic E-state index is 12.0. The minimum Gasteiger partial charge on any atom is -0.497 e. The number of hydrogen-bond donors (Lipinski definition) is 1. The van der Waals surface area contributed by atoms with Gasteiger partial charge in [-0.25, -0.2) is 0 Å². The number of rotatable bonds is 5. The first kappa shape index (κ1) is 15.9. The molecule has 0 spiro atoms. The van der Waals surface area contributed by atoms with Gasteiger partial charge in [0.25, 0.3) is 5.91 Å². The fourth-order valence-corrected chi connectivity index (χ4v) is 2.49. The Labute approximate surface area is 141 Å². The highest BCUT2D eigenvalue weighted by Gasteiger charge is 2.05. The molecular formula is C20H19NO3. The largest absolute Gasteiger partial charge is 0.497 e. The standard InChI is InChI=1S/C20H19NO3/c1-14-4-3-5-17(10-14)21-20(22)13-24-19-9-7-15-6-8-18(23-2)11-16(15)12-19/h3-12H,13H2,1-2H3,(H,21,22). The van der Waals surface area contributed by atoms with Crippen molar-refractivity contribution in [1.29, 1.82) is 0 Å². The van der Waals surface area contributed by atoms with Crippen LogP contribution in [0.1, 0.15) is 5.56 Å². The van der Waals surface area contributed by atoms with Crippen molar-refractivity contribution < 1.29 is 14.3 Å². The first-order chi connectivity index (χ1) is 11.6. The van der Waals surface area contributed by atoms with Crippen molar-refractivity contribution in [2.24, 2.45) is 0 Å². The number of amides is 1. The van der Waals surface area contributed by atoms with Crippen LogP contribution in [0.3, 0.4) is 0 Å². The van der Waals surface area contributed by atoms with Gasteiger partial charge in [0.15, 0.2) is 6.61 Å². The lowest BCUT2D eigenvalue weighted by Crippen LogP contribution is -2.20. The first-order valence-electron chi connectivity index (χ1n) is 7.71. The second-order valence-corrected chi connectivity index (χ2v) is 5.58. The Morgan fingerprint density at radius 3 is 2.46 bits per heavy atom. The van der Waals surface area contributed by atoms with Crippen LogP contribution < -0.4 is 14.8 Å². The van der Waals surface area contributed by atoms with Gasteiger partial charge < -0.3 is 14.8 Å². The molecule has 0 aliphatic carbocycles. The molecule has 1 N–H and O–H groups in total. The first-order valence-corrected chi connectivity index (χ1v) is 7.71. The highest BCUT2D eigenvalue weighted by molar-refractivity contribution is 5.92. The summed E-state index contributed by atoms with van der Waals surface area (Å²) in [5.74, 6) is 1.25. The molecule has 0 saturated carbocycles. The Hall–Kier alpha value is -3.01. The molecule has 0 atom stereocenters. The molecule has 0 aromatic heterocycles. The second kappa shape index (κ2) is 7.04. The zero-order valence-corrected chi connectivity index (χ0v) is 13.7. The molecule has 0 fully saturated rings. The van der Waals surface area contributed by atoms with Crippen LogP contribution >= 0.6 is 0 Å². The Kier molecular flexibility index (Phi) is 4.66. The molecule has 0 bridgehead atoms. The number of fused-ring (bicyclic) bond motifs is 1. The van der Waals surface area contributed by atoms with E-state index in [4.69, 9.17) is 9.47 Å². The predicted molar refractivity (Wildman–Crippen MR) is 95.8 cm³/mol. The van der Waals surface area contributed by atoms with Crippen LogP contribution in [-0.4, -0.2) is 19.6 Å². The molecule has 0 radical (unpaired) electrons. The normalized spacial score (nSPS) is 10.4. The van der Waals surface area contributed by atoms with Crippen molar-refractivity contribution >= 4 is 22.4 Å². The molecule has 4 nitrogen and oxygen atoms in total. The van der Waals surface area contributed by atoms with Crippen LogP contribution in [0.5, 0.6) is 11.5 Å². The fourth-order valence-electron chi connectivity index (χ4n) is 2.49. The molecule has 122 valence electrons. The number of nitrogens with one attached hydrogen (secondary N) is 1. The lowest BCUT2D eigenvalue weighted by molar-refractivity contribution is -0.118. The molecule has 0 heterocycles. The average molecular weight is 321 g/mol. The summed E-state index contributed by atoms with van der Waals surface area (Å²) in [4.78, 5) is 12.0. The van der Waals surface area contributed by atoms with E-state index in [0.29, 0.717) is 5.75 Å². The Bertz CT molecular complexity index is 874. The summed E-state index contributed by atoms with van der Waals surface area (Å²) in [6.45, 7) is 1.94. The molecule has 3 aromatic rings. The third kappa shape index (κ3) is 3.84. The van der Waals surface area contributed by atoms with Crippen molar-refractivity contribution in [1.82, 2.24) is 0 Å². The molecule has 1 amide bonds. The number of anilines is 1. The van der Waals surface area contributed by atoms with Crippen LogP contribution in [0.25, 0.3) is 10.8 Å². The summed E-state index contributed by atoms with van der Waals surface area (Å²) in [5, 5.41) is 4.92. The van der Waals surface area contributed by atoms with Gasteiger partial charge in [0, 0.05) is 5.69 Å². The number of hydrogen-bond acceptors (Lipinski definition) is 3. The van der Waals surface area contributed by atoms with Gasteiger partial charge in [-0.15, -0.1) is 0 Å². The number of aryl methyl sites for hydroxylation is 1. The van der Waals surface area contributed by atoms with E-state index < -0.39 is 0 Å². The van der Waals surface area contributed by atoms with Crippen molar-refractivity contribution in [2.75, 3.05) is 19.0 Å². The molecule has 0 aliphatic rings. The summed E-state index contributed by atoms with van der Waals surface area (Å²) >= 11 is 0. The van der Waals surface area contributed by atoms with Gasteiger partial charge in [0.05, 0.1) is 7.11 Å². The van der Waals surface area contributed by atoms with Gasteiger partial charge in [0.2, 0.25) is 0 Å². The second-order valence-electron chi connectivity index (χ2n) is 5.58. The zero-order chi connectivity index (χ0) is 16.9. The number of methoxy groups -OCH3 is 1. The van der Waals surface area contributed by atoms with Gasteiger partial charge >= 0.3 is 0 Å². The van der Waals surface area contributed by atoms with Crippen LogP contribution in [0, 0.1) is 6.92 Å². The van der Waals surface area contributed by atoms with E-state index in [0.717, 1.165) is 27.8 Å². The number of carbonyl (C=O) groups is 1. The lowest BCUT2D eigenvalue weighted by atomic mass is 10.1. The SMILES string of the molecule is COc1ccc2ccc(OCC(=O)Nc3cccc(C)c3)cc2c1. The highest BCUT2D eigenvalue weighted by Crippen LogP contribution is 2.25. The topological polar surface area (TPSA) is 47.6 Å². The van der Waals surface area contributed by atoms with E-state index in [9.17, 15) is 4.79 Å². The van der Waals surface area contributed by atoms with Crippen molar-refractivity contribution in [2.45, 2.75) is 6.92 Å². The van der Waals surface area contributed by atoms with Gasteiger partial charge in [-0.1, -0.05) is 24.3 Å². The highest BCUT2D eigenvalue weighted by atomic mass is 16.5. The van der Waals surface area contributed by atoms with Crippen LogP contribution in [0.15, 0.2) is 60.7 Å². The van der Waals surface area contributed by atoms with Crippen LogP contribution in [-0.2, 0) is 4.79 Å². The third-order valence-corrected chi connectivity index (χ3v) is 3.69. The van der Waals surface area contributed by atoms with Gasteiger partial charge in [-0.2, -0.15) is 0 Å². The number of carbonyl (C=O) groups excluding carboxylic acids is 1. The summed E-state index contributed by atoms with van der Waals surface area (Å²) in [7, 11) is 1.64. The summed E-state index contributed by atoms with van der Waals surface area (Å²) in [5.41, 5.74) is 1.86. The monoisotopic (exact) mass is 321 g/mol. The smallest absolute Gasteiger partial charge is 0.262 e. The molecule has 0 aliphatic heterocycles. The Morgan fingerprint density at radius 1 is 0.958 bits per heavy atom. The summed E-state index contributed by atoms with van der Waals surface area (Å²) in [6, 6.07) is 19.2. The quantitative estimate of drug-likeness (QED) is 0.767. The minimum absolute atomic E-state index is 0.0383. The van der Waals surface area contributed by atoms with E-state index in [-0.39, 0.29) is 12.5 Å². The molecular weight excluding hydrogens is 302 g/mol. The van der Waals surface area contributed by atoms with Crippen molar-refractivity contribution in [3.05, 3.63) is 66.2 Å².